The van der Waals surface area contributed by atoms with Gasteiger partial charge in [0.25, 0.3) is 0 Å². The van der Waals surface area contributed by atoms with E-state index in [2.05, 4.69) is 0 Å². The molecule has 5 N–H and O–H groups in total. The van der Waals surface area contributed by atoms with E-state index in [1.165, 1.54) is 0 Å². The molecule has 2 aromatic rings. The minimum atomic E-state index is 0.222. The molecule has 2 aromatic carbocycles. The molecule has 16 heavy (non-hydrogen) atoms. The van der Waals surface area contributed by atoms with E-state index in [9.17, 15) is 5.11 Å². The van der Waals surface area contributed by atoms with Gasteiger partial charge in [-0.25, -0.2) is 0 Å². The molecule has 3 nitrogen and oxygen atoms in total. The van der Waals surface area contributed by atoms with Crippen LogP contribution in [0.4, 0.5) is 11.4 Å². The van der Waals surface area contributed by atoms with Gasteiger partial charge in [-0.3, -0.25) is 0 Å². The standard InChI is InChI=1S/C13H13N2O/c14-11-5-1-9(2-6-11)13(16)10-3-7-12(15)8-4-10/h1-8,16H,14-15H2. The number of aliphatic hydroxyl groups excluding tert-OH is 1. The minimum absolute atomic E-state index is 0.222. The number of nitrogen functional groups attached to an aromatic ring is 2. The Hall–Kier alpha value is -2.00. The van der Waals surface area contributed by atoms with Crippen LogP contribution < -0.4 is 11.5 Å². The fourth-order valence-corrected chi connectivity index (χ4v) is 1.45. The van der Waals surface area contributed by atoms with Crippen molar-refractivity contribution in [3.8, 4) is 0 Å². The lowest BCUT2D eigenvalue weighted by atomic mass is 10.0. The molecule has 0 unspecified atom stereocenters. The Morgan fingerprint density at radius 3 is 1.31 bits per heavy atom. The SMILES string of the molecule is Nc1ccc([C](O)c2ccc(N)cc2)cc1. The maximum Gasteiger partial charge on any atom is 0.152 e. The van der Waals surface area contributed by atoms with E-state index in [4.69, 9.17) is 11.5 Å². The minimum Gasteiger partial charge on any atom is -0.399 e. The largest absolute Gasteiger partial charge is 0.399 e. The number of aliphatic hydroxyl groups is 1. The average molecular weight is 213 g/mol. The molecule has 0 saturated carbocycles. The van der Waals surface area contributed by atoms with E-state index < -0.39 is 0 Å². The molecule has 0 aliphatic rings. The van der Waals surface area contributed by atoms with Gasteiger partial charge in [0, 0.05) is 11.4 Å². The van der Waals surface area contributed by atoms with E-state index in [0.717, 1.165) is 11.1 Å². The molecule has 81 valence electrons. The van der Waals surface area contributed by atoms with Crippen molar-refractivity contribution < 1.29 is 5.11 Å². The molecule has 0 spiro atoms. The molecule has 1 radical (unpaired) electrons. The van der Waals surface area contributed by atoms with E-state index in [1.54, 1.807) is 48.5 Å². The molecule has 0 heterocycles. The molecule has 0 fully saturated rings. The van der Waals surface area contributed by atoms with Gasteiger partial charge < -0.3 is 16.6 Å². The summed E-state index contributed by atoms with van der Waals surface area (Å²) in [6.07, 6.45) is 0.222. The van der Waals surface area contributed by atoms with Crippen LogP contribution in [-0.2, 0) is 0 Å². The van der Waals surface area contributed by atoms with Crippen LogP contribution in [0.5, 0.6) is 0 Å². The van der Waals surface area contributed by atoms with E-state index in [-0.39, 0.29) is 6.10 Å². The first-order chi connectivity index (χ1) is 7.66. The van der Waals surface area contributed by atoms with Crippen molar-refractivity contribution >= 4 is 11.4 Å². The van der Waals surface area contributed by atoms with Gasteiger partial charge in [-0.2, -0.15) is 0 Å². The summed E-state index contributed by atoms with van der Waals surface area (Å²) in [7, 11) is 0. The number of hydrogen-bond donors (Lipinski definition) is 3. The zero-order valence-corrected chi connectivity index (χ0v) is 8.72. The molecule has 0 saturated heterocycles. The molecule has 0 atom stereocenters. The first kappa shape index (κ1) is 10.5. The Kier molecular flexibility index (Phi) is 2.79. The lowest BCUT2D eigenvalue weighted by Crippen LogP contribution is -2.01. The summed E-state index contributed by atoms with van der Waals surface area (Å²) < 4.78 is 0. The van der Waals surface area contributed by atoms with Gasteiger partial charge in [0.05, 0.1) is 0 Å². The molecule has 0 bridgehead atoms. The second-order valence-electron chi connectivity index (χ2n) is 3.59. The van der Waals surface area contributed by atoms with Crippen LogP contribution in [-0.4, -0.2) is 5.11 Å². The first-order valence-corrected chi connectivity index (χ1v) is 4.94. The Labute approximate surface area is 94.3 Å². The van der Waals surface area contributed by atoms with Crippen molar-refractivity contribution in [2.75, 3.05) is 11.5 Å². The van der Waals surface area contributed by atoms with Crippen molar-refractivity contribution in [1.29, 1.82) is 0 Å². The second kappa shape index (κ2) is 4.24. The average Bonchev–Trinajstić information content (AvgIpc) is 2.30. The van der Waals surface area contributed by atoms with Crippen LogP contribution >= 0.6 is 0 Å². The Bertz CT molecular complexity index is 417. The van der Waals surface area contributed by atoms with Gasteiger partial charge >= 0.3 is 0 Å². The lowest BCUT2D eigenvalue weighted by molar-refractivity contribution is 0.356. The van der Waals surface area contributed by atoms with Crippen LogP contribution in [0.1, 0.15) is 11.1 Å². The van der Waals surface area contributed by atoms with Gasteiger partial charge in [0.15, 0.2) is 6.10 Å². The van der Waals surface area contributed by atoms with Gasteiger partial charge in [0.2, 0.25) is 0 Å². The molecule has 2 rings (SSSR count). The summed E-state index contributed by atoms with van der Waals surface area (Å²) in [4.78, 5) is 0. The predicted octanol–water partition coefficient (Wildman–Crippen LogP) is 2.15. The monoisotopic (exact) mass is 213 g/mol. The number of rotatable bonds is 2. The summed E-state index contributed by atoms with van der Waals surface area (Å²) in [5, 5.41) is 10.0. The molecule has 0 aliphatic heterocycles. The third-order valence-electron chi connectivity index (χ3n) is 2.37. The van der Waals surface area contributed by atoms with Crippen LogP contribution in [0.15, 0.2) is 48.5 Å². The van der Waals surface area contributed by atoms with Gasteiger partial charge in [-0.05, 0) is 35.4 Å². The summed E-state index contributed by atoms with van der Waals surface area (Å²) in [6.45, 7) is 0. The maximum atomic E-state index is 10.0. The molecular weight excluding hydrogens is 200 g/mol. The number of anilines is 2. The van der Waals surface area contributed by atoms with Crippen LogP contribution in [0.3, 0.4) is 0 Å². The second-order valence-corrected chi connectivity index (χ2v) is 3.59. The quantitative estimate of drug-likeness (QED) is 0.669. The first-order valence-electron chi connectivity index (χ1n) is 4.94. The lowest BCUT2D eigenvalue weighted by Gasteiger charge is -2.10. The van der Waals surface area contributed by atoms with Crippen molar-refractivity contribution in [2.45, 2.75) is 0 Å². The van der Waals surface area contributed by atoms with Crippen LogP contribution in [0, 0.1) is 6.10 Å². The summed E-state index contributed by atoms with van der Waals surface area (Å²) in [5.41, 5.74) is 14.0. The molecular formula is C13H13N2O. The maximum absolute atomic E-state index is 10.0. The predicted molar refractivity (Wildman–Crippen MR) is 65.1 cm³/mol. The van der Waals surface area contributed by atoms with E-state index in [1.807, 2.05) is 0 Å². The van der Waals surface area contributed by atoms with Crippen molar-refractivity contribution in [1.82, 2.24) is 0 Å². The van der Waals surface area contributed by atoms with Gasteiger partial charge in [-0.15, -0.1) is 0 Å². The highest BCUT2D eigenvalue weighted by Crippen LogP contribution is 2.22. The molecule has 0 aliphatic carbocycles. The van der Waals surface area contributed by atoms with Crippen LogP contribution in [0.25, 0.3) is 0 Å². The normalized spacial score (nSPS) is 10.6. The number of nitrogens with two attached hydrogens (primary N) is 2. The highest BCUT2D eigenvalue weighted by molar-refractivity contribution is 5.49. The number of benzene rings is 2. The van der Waals surface area contributed by atoms with Gasteiger partial charge in [0.1, 0.15) is 0 Å². The molecule has 0 aromatic heterocycles. The third kappa shape index (κ3) is 2.15. The summed E-state index contributed by atoms with van der Waals surface area (Å²) in [6, 6.07) is 14.1. The zero-order chi connectivity index (χ0) is 11.5. The fourth-order valence-electron chi connectivity index (χ4n) is 1.45. The molecule has 0 amide bonds. The van der Waals surface area contributed by atoms with E-state index in [0.29, 0.717) is 11.4 Å². The number of hydrogen-bond acceptors (Lipinski definition) is 3. The molecule has 3 heteroatoms. The summed E-state index contributed by atoms with van der Waals surface area (Å²) >= 11 is 0. The van der Waals surface area contributed by atoms with Crippen molar-refractivity contribution in [3.05, 3.63) is 65.8 Å². The Balaban J connectivity index is 2.28. The highest BCUT2D eigenvalue weighted by atomic mass is 16.3. The van der Waals surface area contributed by atoms with E-state index >= 15 is 0 Å². The van der Waals surface area contributed by atoms with Crippen molar-refractivity contribution in [3.63, 3.8) is 0 Å². The topological polar surface area (TPSA) is 72.3 Å². The third-order valence-corrected chi connectivity index (χ3v) is 2.37. The zero-order valence-electron chi connectivity index (χ0n) is 8.72. The Morgan fingerprint density at radius 2 is 1.00 bits per heavy atom. The highest BCUT2D eigenvalue weighted by Gasteiger charge is 2.10. The smallest absolute Gasteiger partial charge is 0.152 e. The van der Waals surface area contributed by atoms with Crippen molar-refractivity contribution in [2.24, 2.45) is 0 Å². The van der Waals surface area contributed by atoms with Gasteiger partial charge in [-0.1, -0.05) is 24.3 Å². The summed E-state index contributed by atoms with van der Waals surface area (Å²) in [5.74, 6) is 0. The Morgan fingerprint density at radius 1 is 0.688 bits per heavy atom. The fraction of sp³-hybridized carbons (Fsp3) is 0. The van der Waals surface area contributed by atoms with Crippen LogP contribution in [0.2, 0.25) is 0 Å².